The van der Waals surface area contributed by atoms with E-state index in [0.717, 1.165) is 22.4 Å². The van der Waals surface area contributed by atoms with E-state index in [1.54, 1.807) is 24.3 Å². The number of imidazole rings is 1. The zero-order valence-electron chi connectivity index (χ0n) is 15.7. The number of benzene rings is 3. The van der Waals surface area contributed by atoms with Gasteiger partial charge in [0.1, 0.15) is 5.82 Å². The summed E-state index contributed by atoms with van der Waals surface area (Å²) in [6.45, 7) is 0. The van der Waals surface area contributed by atoms with Crippen LogP contribution < -0.4 is 16.4 Å². The van der Waals surface area contributed by atoms with Gasteiger partial charge in [-0.1, -0.05) is 30.3 Å². The third-order valence-electron chi connectivity index (χ3n) is 4.56. The topological polar surface area (TPSA) is 102 Å². The number of fused-ring (bicyclic) bond motifs is 1. The third-order valence-corrected chi connectivity index (χ3v) is 4.56. The van der Waals surface area contributed by atoms with Gasteiger partial charge in [0.15, 0.2) is 0 Å². The predicted octanol–water partition coefficient (Wildman–Crippen LogP) is 3.98. The van der Waals surface area contributed by atoms with Crippen LogP contribution in [0.2, 0.25) is 0 Å². The number of anilines is 2. The van der Waals surface area contributed by atoms with Crippen molar-refractivity contribution in [3.63, 3.8) is 0 Å². The number of nitrogens with two attached hydrogens (primary N) is 1. The maximum atomic E-state index is 12.6. The summed E-state index contributed by atoms with van der Waals surface area (Å²) in [5.41, 5.74) is 9.48. The SMILES string of the molecule is Cn1c(-c2cccc(NC(=O)c3cccc(NC(N)=O)c3)c2)nc2ccccc21. The number of hydrogen-bond acceptors (Lipinski definition) is 3. The summed E-state index contributed by atoms with van der Waals surface area (Å²) in [6.07, 6.45) is 0. The van der Waals surface area contributed by atoms with Gasteiger partial charge in [-0.25, -0.2) is 9.78 Å². The van der Waals surface area contributed by atoms with E-state index in [9.17, 15) is 9.59 Å². The fraction of sp³-hybridized carbons (Fsp3) is 0.0455. The average molecular weight is 385 g/mol. The number of nitrogens with zero attached hydrogens (tertiary/aromatic N) is 2. The van der Waals surface area contributed by atoms with Gasteiger partial charge in [0.25, 0.3) is 5.91 Å². The molecule has 4 N–H and O–H groups in total. The summed E-state index contributed by atoms with van der Waals surface area (Å²) in [5.74, 6) is 0.523. The molecule has 29 heavy (non-hydrogen) atoms. The highest BCUT2D eigenvalue weighted by Gasteiger charge is 2.12. The molecule has 7 nitrogen and oxygen atoms in total. The van der Waals surface area contributed by atoms with E-state index in [1.807, 2.05) is 60.1 Å². The number of nitrogens with one attached hydrogen (secondary N) is 2. The Morgan fingerprint density at radius 1 is 0.897 bits per heavy atom. The molecule has 0 atom stereocenters. The van der Waals surface area contributed by atoms with Crippen LogP contribution >= 0.6 is 0 Å². The predicted molar refractivity (Wildman–Crippen MR) is 114 cm³/mol. The summed E-state index contributed by atoms with van der Waals surface area (Å²) in [4.78, 5) is 28.3. The number of rotatable bonds is 4. The molecule has 0 aliphatic heterocycles. The van der Waals surface area contributed by atoms with Gasteiger partial charge in [-0.2, -0.15) is 0 Å². The molecule has 1 heterocycles. The quantitative estimate of drug-likeness (QED) is 0.495. The minimum absolute atomic E-state index is 0.291. The van der Waals surface area contributed by atoms with Crippen LogP contribution in [0.15, 0.2) is 72.8 Å². The molecular formula is C22H19N5O2. The normalized spacial score (nSPS) is 10.7. The van der Waals surface area contributed by atoms with Crippen molar-refractivity contribution in [2.45, 2.75) is 0 Å². The zero-order valence-corrected chi connectivity index (χ0v) is 15.7. The lowest BCUT2D eigenvalue weighted by atomic mass is 10.1. The highest BCUT2D eigenvalue weighted by Crippen LogP contribution is 2.26. The van der Waals surface area contributed by atoms with Gasteiger partial charge in [-0.15, -0.1) is 0 Å². The number of urea groups is 1. The first kappa shape index (κ1) is 18.2. The second-order valence-electron chi connectivity index (χ2n) is 6.59. The number of carbonyl (C=O) groups is 2. The maximum Gasteiger partial charge on any atom is 0.316 e. The van der Waals surface area contributed by atoms with E-state index in [1.165, 1.54) is 0 Å². The lowest BCUT2D eigenvalue weighted by Gasteiger charge is -2.09. The molecule has 0 saturated carbocycles. The maximum absolute atomic E-state index is 12.6. The first-order valence-electron chi connectivity index (χ1n) is 9.01. The van der Waals surface area contributed by atoms with E-state index in [4.69, 9.17) is 10.7 Å². The van der Waals surface area contributed by atoms with Gasteiger partial charge >= 0.3 is 6.03 Å². The second kappa shape index (κ2) is 7.47. The molecule has 0 bridgehead atoms. The van der Waals surface area contributed by atoms with Crippen LogP contribution in [0.4, 0.5) is 16.2 Å². The molecule has 0 unspecified atom stereocenters. The Kier molecular flexibility index (Phi) is 4.70. The minimum atomic E-state index is -0.683. The van der Waals surface area contributed by atoms with E-state index >= 15 is 0 Å². The monoisotopic (exact) mass is 385 g/mol. The summed E-state index contributed by atoms with van der Waals surface area (Å²) < 4.78 is 2.02. The van der Waals surface area contributed by atoms with Gasteiger partial charge in [-0.05, 0) is 42.5 Å². The van der Waals surface area contributed by atoms with Gasteiger partial charge in [0.2, 0.25) is 0 Å². The van der Waals surface area contributed by atoms with Crippen molar-refractivity contribution < 1.29 is 9.59 Å². The standard InChI is InChI=1S/C22H19N5O2/c1-27-19-11-3-2-10-18(19)26-20(27)14-6-4-8-16(12-14)24-21(28)15-7-5-9-17(13-15)25-22(23)29/h2-13H,1H3,(H,24,28)(H3,23,25,29). The molecule has 0 fully saturated rings. The molecule has 3 aromatic carbocycles. The minimum Gasteiger partial charge on any atom is -0.351 e. The third kappa shape index (κ3) is 3.79. The fourth-order valence-electron chi connectivity index (χ4n) is 3.22. The van der Waals surface area contributed by atoms with Gasteiger partial charge in [-0.3, -0.25) is 4.79 Å². The Balaban J connectivity index is 1.60. The van der Waals surface area contributed by atoms with E-state index < -0.39 is 6.03 Å². The van der Waals surface area contributed by atoms with Crippen LogP contribution in [0.5, 0.6) is 0 Å². The van der Waals surface area contributed by atoms with Gasteiger partial charge in [0.05, 0.1) is 11.0 Å². The Hall–Kier alpha value is -4.13. The summed E-state index contributed by atoms with van der Waals surface area (Å²) >= 11 is 0. The highest BCUT2D eigenvalue weighted by molar-refractivity contribution is 6.05. The summed E-state index contributed by atoms with van der Waals surface area (Å²) in [6, 6.07) is 21.3. The van der Waals surface area contributed by atoms with Crippen molar-refractivity contribution >= 4 is 34.3 Å². The van der Waals surface area contributed by atoms with Crippen LogP contribution in [-0.4, -0.2) is 21.5 Å². The van der Waals surface area contributed by atoms with Crippen molar-refractivity contribution in [2.75, 3.05) is 10.6 Å². The molecule has 4 rings (SSSR count). The van der Waals surface area contributed by atoms with Crippen LogP contribution in [0.25, 0.3) is 22.4 Å². The molecular weight excluding hydrogens is 366 g/mol. The van der Waals surface area contributed by atoms with Gasteiger partial charge < -0.3 is 20.9 Å². The van der Waals surface area contributed by atoms with Crippen LogP contribution in [0.3, 0.4) is 0 Å². The van der Waals surface area contributed by atoms with Crippen LogP contribution in [-0.2, 0) is 7.05 Å². The van der Waals surface area contributed by atoms with Crippen molar-refractivity contribution in [1.29, 1.82) is 0 Å². The molecule has 7 heteroatoms. The number of para-hydroxylation sites is 2. The van der Waals surface area contributed by atoms with Crippen LogP contribution in [0.1, 0.15) is 10.4 Å². The Morgan fingerprint density at radius 2 is 1.62 bits per heavy atom. The first-order chi connectivity index (χ1) is 14.0. The molecule has 1 aromatic heterocycles. The lowest BCUT2D eigenvalue weighted by molar-refractivity contribution is 0.102. The molecule has 3 amide bonds. The second-order valence-corrected chi connectivity index (χ2v) is 6.59. The molecule has 0 radical (unpaired) electrons. The number of amides is 3. The number of aromatic nitrogens is 2. The average Bonchev–Trinajstić information content (AvgIpc) is 3.05. The molecule has 0 aliphatic carbocycles. The number of aryl methyl sites for hydroxylation is 1. The van der Waals surface area contributed by atoms with Crippen molar-refractivity contribution in [3.05, 3.63) is 78.4 Å². The first-order valence-corrected chi connectivity index (χ1v) is 9.01. The molecule has 0 aliphatic rings. The largest absolute Gasteiger partial charge is 0.351 e. The summed E-state index contributed by atoms with van der Waals surface area (Å²) in [7, 11) is 1.97. The zero-order chi connectivity index (χ0) is 20.4. The number of primary amides is 1. The summed E-state index contributed by atoms with van der Waals surface area (Å²) in [5, 5.41) is 5.34. The number of hydrogen-bond donors (Lipinski definition) is 3. The Morgan fingerprint density at radius 3 is 2.38 bits per heavy atom. The molecule has 0 saturated heterocycles. The molecule has 144 valence electrons. The van der Waals surface area contributed by atoms with Crippen LogP contribution in [0, 0.1) is 0 Å². The van der Waals surface area contributed by atoms with Crippen molar-refractivity contribution in [1.82, 2.24) is 9.55 Å². The van der Waals surface area contributed by atoms with Crippen molar-refractivity contribution in [3.8, 4) is 11.4 Å². The Bertz CT molecular complexity index is 1230. The van der Waals surface area contributed by atoms with E-state index in [2.05, 4.69) is 10.6 Å². The molecule has 0 spiro atoms. The smallest absolute Gasteiger partial charge is 0.316 e. The lowest BCUT2D eigenvalue weighted by Crippen LogP contribution is -2.19. The fourth-order valence-corrected chi connectivity index (χ4v) is 3.22. The highest BCUT2D eigenvalue weighted by atomic mass is 16.2. The van der Waals surface area contributed by atoms with E-state index in [-0.39, 0.29) is 5.91 Å². The van der Waals surface area contributed by atoms with Gasteiger partial charge in [0, 0.05) is 29.5 Å². The number of carbonyl (C=O) groups excluding carboxylic acids is 2. The van der Waals surface area contributed by atoms with E-state index in [0.29, 0.717) is 16.9 Å². The molecule has 4 aromatic rings. The van der Waals surface area contributed by atoms with Crippen molar-refractivity contribution in [2.24, 2.45) is 12.8 Å². The Labute approximate surface area is 167 Å².